The van der Waals surface area contributed by atoms with Gasteiger partial charge in [-0.15, -0.1) is 0 Å². The molecule has 0 N–H and O–H groups in total. The van der Waals surface area contributed by atoms with Crippen LogP contribution >= 0.6 is 0 Å². The molecule has 1 aliphatic heterocycles. The molecule has 2 rings (SSSR count). The molecule has 0 bridgehead atoms. The summed E-state index contributed by atoms with van der Waals surface area (Å²) >= 11 is 0. The van der Waals surface area contributed by atoms with Gasteiger partial charge >= 0.3 is 7.12 Å². The number of rotatable bonds is 1. The maximum atomic E-state index is 5.57. The molecule has 1 aliphatic rings. The fraction of sp³-hybridized carbons (Fsp3) is 0.556. The molecule has 1 fully saturated rings. The van der Waals surface area contributed by atoms with Crippen LogP contribution in [0.25, 0.3) is 0 Å². The molecule has 1 aromatic heterocycles. The third kappa shape index (κ3) is 2.99. The van der Waals surface area contributed by atoms with Crippen LogP contribution in [-0.2, 0) is 9.31 Å². The Balaban J connectivity index is 1.98. The Hall–Kier alpha value is -0.975. The van der Waals surface area contributed by atoms with Crippen LogP contribution in [0.1, 0.15) is 0 Å². The highest BCUT2D eigenvalue weighted by atomic mass is 16.6. The van der Waals surface area contributed by atoms with E-state index in [9.17, 15) is 0 Å². The molecular weight excluding hydrogens is 193 g/mol. The molecule has 0 radical (unpaired) electrons. The first kappa shape index (κ1) is 10.5. The van der Waals surface area contributed by atoms with Crippen LogP contribution < -0.4 is 5.59 Å². The largest absolute Gasteiger partial charge is 0.515 e. The van der Waals surface area contributed by atoms with Crippen molar-refractivity contribution in [3.63, 3.8) is 0 Å². The highest BCUT2D eigenvalue weighted by molar-refractivity contribution is 6.60. The zero-order valence-corrected chi connectivity index (χ0v) is 8.80. The van der Waals surface area contributed by atoms with Crippen LogP contribution in [0.2, 0.25) is 0 Å². The molecule has 5 nitrogen and oxygen atoms in total. The van der Waals surface area contributed by atoms with Crippen LogP contribution in [0.5, 0.6) is 0 Å². The lowest BCUT2D eigenvalue weighted by atomic mass is 9.84. The summed E-state index contributed by atoms with van der Waals surface area (Å²) in [4.78, 5) is 10.3. The van der Waals surface area contributed by atoms with E-state index in [2.05, 4.69) is 21.9 Å². The highest BCUT2D eigenvalue weighted by Gasteiger charge is 2.24. The number of hydrogen-bond acceptors (Lipinski definition) is 5. The van der Waals surface area contributed by atoms with Crippen molar-refractivity contribution < 1.29 is 9.31 Å². The Kier molecular flexibility index (Phi) is 3.66. The van der Waals surface area contributed by atoms with Gasteiger partial charge in [-0.1, -0.05) is 0 Å². The zero-order valence-electron chi connectivity index (χ0n) is 8.80. The number of hydrogen-bond donors (Lipinski definition) is 0. The van der Waals surface area contributed by atoms with E-state index in [-0.39, 0.29) is 7.12 Å². The smallest absolute Gasteiger partial charge is 0.405 e. The predicted molar refractivity (Wildman–Crippen MR) is 56.8 cm³/mol. The lowest BCUT2D eigenvalue weighted by Crippen LogP contribution is -2.44. The van der Waals surface area contributed by atoms with Crippen molar-refractivity contribution in [2.45, 2.75) is 0 Å². The molecule has 0 aliphatic carbocycles. The average molecular weight is 207 g/mol. The monoisotopic (exact) mass is 207 g/mol. The first-order valence-electron chi connectivity index (χ1n) is 5.04. The normalized spacial score (nSPS) is 19.7. The van der Waals surface area contributed by atoms with Gasteiger partial charge in [0.15, 0.2) is 0 Å². The average Bonchev–Trinajstić information content (AvgIpc) is 2.24. The quantitative estimate of drug-likeness (QED) is 0.561. The van der Waals surface area contributed by atoms with Crippen molar-refractivity contribution in [2.75, 3.05) is 33.4 Å². The van der Waals surface area contributed by atoms with E-state index in [1.807, 2.05) is 0 Å². The molecule has 0 spiro atoms. The fourth-order valence-corrected chi connectivity index (χ4v) is 1.39. The van der Waals surface area contributed by atoms with Crippen LogP contribution in [0.4, 0.5) is 0 Å². The van der Waals surface area contributed by atoms with E-state index in [1.54, 1.807) is 18.6 Å². The summed E-state index contributed by atoms with van der Waals surface area (Å²) in [5.74, 6) is 0. The Morgan fingerprint density at radius 3 is 2.60 bits per heavy atom. The van der Waals surface area contributed by atoms with Gasteiger partial charge in [-0.05, 0) is 7.05 Å². The second-order valence-electron chi connectivity index (χ2n) is 3.51. The van der Waals surface area contributed by atoms with E-state index in [0.29, 0.717) is 13.2 Å². The minimum atomic E-state index is -0.368. The lowest BCUT2D eigenvalue weighted by Gasteiger charge is -2.23. The van der Waals surface area contributed by atoms with Crippen molar-refractivity contribution in [3.8, 4) is 0 Å². The van der Waals surface area contributed by atoms with Gasteiger partial charge in [0.05, 0.1) is 5.59 Å². The Morgan fingerprint density at radius 2 is 2.00 bits per heavy atom. The molecule has 0 unspecified atom stereocenters. The van der Waals surface area contributed by atoms with Crippen LogP contribution in [0, 0.1) is 0 Å². The molecule has 2 heterocycles. The van der Waals surface area contributed by atoms with E-state index in [1.165, 1.54) is 0 Å². The van der Waals surface area contributed by atoms with Crippen molar-refractivity contribution in [3.05, 3.63) is 18.6 Å². The van der Waals surface area contributed by atoms with Crippen LogP contribution in [0.3, 0.4) is 0 Å². The van der Waals surface area contributed by atoms with Gasteiger partial charge in [-0.2, -0.15) is 0 Å². The molecule has 1 aromatic rings. The van der Waals surface area contributed by atoms with E-state index in [4.69, 9.17) is 9.31 Å². The maximum absolute atomic E-state index is 5.57. The second-order valence-corrected chi connectivity index (χ2v) is 3.51. The minimum absolute atomic E-state index is 0.368. The Labute approximate surface area is 89.6 Å². The minimum Gasteiger partial charge on any atom is -0.405 e. The van der Waals surface area contributed by atoms with E-state index in [0.717, 1.165) is 18.7 Å². The van der Waals surface area contributed by atoms with Gasteiger partial charge in [-0.3, -0.25) is 9.97 Å². The van der Waals surface area contributed by atoms with Gasteiger partial charge in [-0.25, -0.2) is 0 Å². The molecule has 0 atom stereocenters. The number of nitrogens with zero attached hydrogens (tertiary/aromatic N) is 3. The summed E-state index contributed by atoms with van der Waals surface area (Å²) in [7, 11) is 1.68. The summed E-state index contributed by atoms with van der Waals surface area (Å²) in [6.07, 6.45) is 4.96. The Bertz CT molecular complexity index is 289. The fourth-order valence-electron chi connectivity index (χ4n) is 1.39. The molecule has 1 saturated heterocycles. The second kappa shape index (κ2) is 5.20. The van der Waals surface area contributed by atoms with Gasteiger partial charge in [0.2, 0.25) is 0 Å². The zero-order chi connectivity index (χ0) is 10.5. The van der Waals surface area contributed by atoms with E-state index >= 15 is 0 Å². The topological polar surface area (TPSA) is 47.5 Å². The molecule has 6 heteroatoms. The molecule has 0 aromatic carbocycles. The number of aromatic nitrogens is 2. The summed E-state index contributed by atoms with van der Waals surface area (Å²) in [6, 6.07) is 0. The SMILES string of the molecule is CN1CCOB(c2cnccn2)OCC1. The van der Waals surface area contributed by atoms with Crippen molar-refractivity contribution in [1.29, 1.82) is 0 Å². The third-order valence-electron chi connectivity index (χ3n) is 2.31. The summed E-state index contributed by atoms with van der Waals surface area (Å²) in [6.45, 7) is 3.13. The van der Waals surface area contributed by atoms with Gasteiger partial charge in [0.25, 0.3) is 0 Å². The number of likely N-dealkylation sites (N-methyl/N-ethyl adjacent to an activating group) is 1. The first-order chi connectivity index (χ1) is 7.36. The van der Waals surface area contributed by atoms with Gasteiger partial charge in [0.1, 0.15) is 0 Å². The molecule has 0 amide bonds. The van der Waals surface area contributed by atoms with Gasteiger partial charge in [0, 0.05) is 44.9 Å². The van der Waals surface area contributed by atoms with E-state index < -0.39 is 0 Å². The van der Waals surface area contributed by atoms with Crippen molar-refractivity contribution in [1.82, 2.24) is 14.9 Å². The molecular formula is C9H14BN3O2. The maximum Gasteiger partial charge on any atom is 0.515 e. The van der Waals surface area contributed by atoms with Crippen LogP contribution in [0.15, 0.2) is 18.6 Å². The third-order valence-corrected chi connectivity index (χ3v) is 2.31. The van der Waals surface area contributed by atoms with Gasteiger partial charge < -0.3 is 14.2 Å². The van der Waals surface area contributed by atoms with Crippen LogP contribution in [-0.4, -0.2) is 55.3 Å². The summed E-state index contributed by atoms with van der Waals surface area (Å²) < 4.78 is 11.1. The van der Waals surface area contributed by atoms with Crippen molar-refractivity contribution >= 4 is 12.7 Å². The first-order valence-corrected chi connectivity index (χ1v) is 5.04. The summed E-state index contributed by atoms with van der Waals surface area (Å²) in [5.41, 5.74) is 0.738. The standard InChI is InChI=1S/C9H14BN3O2/c1-13-4-6-14-10(15-7-5-13)9-8-11-2-3-12-9/h2-3,8H,4-7H2,1H3. The molecule has 15 heavy (non-hydrogen) atoms. The predicted octanol–water partition coefficient (Wildman–Crippen LogP) is -0.850. The van der Waals surface area contributed by atoms with Crippen molar-refractivity contribution in [2.24, 2.45) is 0 Å². The highest BCUT2D eigenvalue weighted by Crippen LogP contribution is 1.96. The molecule has 0 saturated carbocycles. The Morgan fingerprint density at radius 1 is 1.27 bits per heavy atom. The lowest BCUT2D eigenvalue weighted by molar-refractivity contribution is 0.131. The summed E-state index contributed by atoms with van der Waals surface area (Å²) in [5, 5.41) is 0. The molecule has 80 valence electrons.